The monoisotopic (exact) mass is 508 g/mol. The number of benzene rings is 1. The summed E-state index contributed by atoms with van der Waals surface area (Å²) in [6.45, 7) is 3.27. The molecule has 3 aromatic heterocycles. The molecule has 1 atom stereocenters. The van der Waals surface area contributed by atoms with Crippen LogP contribution in [0.3, 0.4) is 0 Å². The van der Waals surface area contributed by atoms with E-state index >= 15 is 0 Å². The van der Waals surface area contributed by atoms with E-state index in [0.29, 0.717) is 22.8 Å². The third-order valence-electron chi connectivity index (χ3n) is 7.43. The number of hydrogen-bond donors (Lipinski definition) is 1. The molecule has 1 fully saturated rings. The molecule has 1 aliphatic rings. The lowest BCUT2D eigenvalue weighted by molar-refractivity contribution is -0.139. The molecule has 3 heterocycles. The summed E-state index contributed by atoms with van der Waals surface area (Å²) in [6.07, 6.45) is 9.41. The van der Waals surface area contributed by atoms with Crippen LogP contribution in [-0.2, 0) is 20.7 Å². The van der Waals surface area contributed by atoms with Crippen molar-refractivity contribution >= 4 is 28.4 Å². The number of esters is 1. The van der Waals surface area contributed by atoms with Crippen molar-refractivity contribution in [2.24, 2.45) is 11.7 Å². The van der Waals surface area contributed by atoms with Gasteiger partial charge >= 0.3 is 5.97 Å². The van der Waals surface area contributed by atoms with Crippen LogP contribution in [-0.4, -0.2) is 33.4 Å². The first kappa shape index (κ1) is 25.4. The lowest BCUT2D eigenvalue weighted by Crippen LogP contribution is -2.26. The molecule has 1 saturated carbocycles. The number of fused-ring (bicyclic) bond motifs is 1. The molecule has 1 unspecified atom stereocenters. The Labute approximate surface area is 222 Å². The maximum Gasteiger partial charge on any atom is 0.309 e. The van der Waals surface area contributed by atoms with Crippen LogP contribution in [0.4, 0.5) is 0 Å². The van der Waals surface area contributed by atoms with Gasteiger partial charge in [0.05, 0.1) is 36.3 Å². The number of ketones is 1. The van der Waals surface area contributed by atoms with E-state index in [1.54, 1.807) is 13.1 Å². The quantitative estimate of drug-likeness (QED) is 0.250. The molecular weight excluding hydrogens is 476 g/mol. The van der Waals surface area contributed by atoms with E-state index < -0.39 is 0 Å². The standard InChI is InChI=1S/C31H32N4O3/c1-19(32)29(20(2)36)24-16-27-30(34-17-24)25(22-12-10-21(11-13-22)15-28(37)38-3)18-35(27)31(23-7-6-8-23)26-9-4-5-14-33-26/h4-5,9-14,16-18,23,31H,6-8,15,32H2,1-3H3/b29-19+. The predicted molar refractivity (Wildman–Crippen MR) is 148 cm³/mol. The number of nitrogens with zero attached hydrogens (tertiary/aromatic N) is 3. The minimum Gasteiger partial charge on any atom is -0.469 e. The number of pyridine rings is 2. The average Bonchev–Trinajstić information content (AvgIpc) is 3.25. The zero-order valence-corrected chi connectivity index (χ0v) is 22.0. The second kappa shape index (κ2) is 10.6. The zero-order chi connectivity index (χ0) is 26.8. The Morgan fingerprint density at radius 2 is 1.87 bits per heavy atom. The molecule has 0 bridgehead atoms. The topological polar surface area (TPSA) is 100 Å². The maximum atomic E-state index is 12.5. The van der Waals surface area contributed by atoms with Crippen LogP contribution in [0.5, 0.6) is 0 Å². The van der Waals surface area contributed by atoms with E-state index in [-0.39, 0.29) is 24.2 Å². The van der Waals surface area contributed by atoms with E-state index in [2.05, 4.69) is 16.8 Å². The smallest absolute Gasteiger partial charge is 0.309 e. The molecule has 1 aromatic carbocycles. The first-order chi connectivity index (χ1) is 18.4. The SMILES string of the molecule is COC(=O)Cc1ccc(-c2cn(C(c3ccccn3)C3CCC3)c3cc(/C(C(C)=O)=C(\C)N)cnc23)cc1. The van der Waals surface area contributed by atoms with Crippen molar-refractivity contribution in [3.8, 4) is 11.1 Å². The number of carbonyl (C=O) groups is 2. The number of hydrogen-bond acceptors (Lipinski definition) is 6. The highest BCUT2D eigenvalue weighted by molar-refractivity contribution is 6.20. The van der Waals surface area contributed by atoms with Gasteiger partial charge in [-0.25, -0.2) is 0 Å². The predicted octanol–water partition coefficient (Wildman–Crippen LogP) is 5.48. The molecule has 38 heavy (non-hydrogen) atoms. The normalized spacial score (nSPS) is 15.0. The van der Waals surface area contributed by atoms with Crippen LogP contribution in [0.15, 0.2) is 72.8 Å². The molecule has 2 N–H and O–H groups in total. The van der Waals surface area contributed by atoms with Crippen LogP contribution in [0.2, 0.25) is 0 Å². The Kier molecular flexibility index (Phi) is 7.09. The molecule has 1 aliphatic carbocycles. The third kappa shape index (κ3) is 4.84. The highest BCUT2D eigenvalue weighted by atomic mass is 16.5. The zero-order valence-electron chi connectivity index (χ0n) is 22.0. The number of aromatic nitrogens is 3. The molecule has 5 rings (SSSR count). The Morgan fingerprint density at radius 3 is 2.45 bits per heavy atom. The molecular formula is C31H32N4O3. The summed E-state index contributed by atoms with van der Waals surface area (Å²) in [5.41, 5.74) is 13.4. The van der Waals surface area contributed by atoms with E-state index in [1.807, 2.05) is 48.7 Å². The van der Waals surface area contributed by atoms with Crippen molar-refractivity contribution in [3.63, 3.8) is 0 Å². The number of Topliss-reactive ketones (excluding diaryl/α,β-unsaturated/α-hetero) is 1. The molecule has 4 aromatic rings. The molecule has 194 valence electrons. The van der Waals surface area contributed by atoms with Gasteiger partial charge in [0.25, 0.3) is 0 Å². The summed E-state index contributed by atoms with van der Waals surface area (Å²) in [7, 11) is 1.39. The molecule has 0 radical (unpaired) electrons. The fourth-order valence-electron chi connectivity index (χ4n) is 5.37. The Morgan fingerprint density at radius 1 is 1.11 bits per heavy atom. The van der Waals surface area contributed by atoms with Crippen LogP contribution in [0.1, 0.15) is 56.0 Å². The van der Waals surface area contributed by atoms with Crippen LogP contribution < -0.4 is 5.73 Å². The Hall–Kier alpha value is -4.26. The van der Waals surface area contributed by atoms with Gasteiger partial charge in [-0.2, -0.15) is 0 Å². The Bertz CT molecular complexity index is 1510. The van der Waals surface area contributed by atoms with Gasteiger partial charge in [-0.3, -0.25) is 19.6 Å². The minimum atomic E-state index is -0.272. The van der Waals surface area contributed by atoms with Crippen LogP contribution in [0, 0.1) is 5.92 Å². The summed E-state index contributed by atoms with van der Waals surface area (Å²) >= 11 is 0. The van der Waals surface area contributed by atoms with Crippen molar-refractivity contribution in [1.29, 1.82) is 0 Å². The minimum absolute atomic E-state index is 0.0422. The van der Waals surface area contributed by atoms with E-state index in [1.165, 1.54) is 20.5 Å². The van der Waals surface area contributed by atoms with Gasteiger partial charge in [0.2, 0.25) is 0 Å². The molecule has 0 amide bonds. The molecule has 0 saturated heterocycles. The second-order valence-corrected chi connectivity index (χ2v) is 10.00. The fraction of sp³-hybridized carbons (Fsp3) is 0.290. The average molecular weight is 509 g/mol. The number of methoxy groups -OCH3 is 1. The summed E-state index contributed by atoms with van der Waals surface area (Å²) in [4.78, 5) is 33.8. The summed E-state index contributed by atoms with van der Waals surface area (Å²) < 4.78 is 7.08. The molecule has 7 heteroatoms. The summed E-state index contributed by atoms with van der Waals surface area (Å²) in [6, 6.07) is 16.0. The van der Waals surface area contributed by atoms with Crippen molar-refractivity contribution in [1.82, 2.24) is 14.5 Å². The van der Waals surface area contributed by atoms with E-state index in [4.69, 9.17) is 20.4 Å². The first-order valence-electron chi connectivity index (χ1n) is 12.9. The summed E-state index contributed by atoms with van der Waals surface area (Å²) in [5, 5.41) is 0. The van der Waals surface area contributed by atoms with Crippen molar-refractivity contribution in [3.05, 3.63) is 89.6 Å². The highest BCUT2D eigenvalue weighted by Crippen LogP contribution is 2.43. The van der Waals surface area contributed by atoms with Crippen molar-refractivity contribution < 1.29 is 14.3 Å². The highest BCUT2D eigenvalue weighted by Gasteiger charge is 2.32. The molecule has 0 spiro atoms. The second-order valence-electron chi connectivity index (χ2n) is 10.00. The first-order valence-corrected chi connectivity index (χ1v) is 12.9. The van der Waals surface area contributed by atoms with Gasteiger partial charge in [-0.05, 0) is 61.9 Å². The molecule has 0 aliphatic heterocycles. The Balaban J connectivity index is 1.70. The van der Waals surface area contributed by atoms with Crippen molar-refractivity contribution in [2.45, 2.75) is 45.6 Å². The number of nitrogens with two attached hydrogens (primary N) is 1. The van der Waals surface area contributed by atoms with Gasteiger partial charge in [0.1, 0.15) is 0 Å². The lowest BCUT2D eigenvalue weighted by Gasteiger charge is -2.35. The van der Waals surface area contributed by atoms with Gasteiger partial charge in [-0.1, -0.05) is 36.8 Å². The van der Waals surface area contributed by atoms with Gasteiger partial charge in [0, 0.05) is 41.0 Å². The summed E-state index contributed by atoms with van der Waals surface area (Å²) in [5.74, 6) is 0.0937. The van der Waals surface area contributed by atoms with Gasteiger partial charge in [0.15, 0.2) is 5.78 Å². The van der Waals surface area contributed by atoms with E-state index in [0.717, 1.165) is 46.3 Å². The number of ether oxygens (including phenoxy) is 1. The lowest BCUT2D eigenvalue weighted by atomic mass is 9.78. The van der Waals surface area contributed by atoms with E-state index in [9.17, 15) is 9.59 Å². The van der Waals surface area contributed by atoms with Crippen molar-refractivity contribution in [2.75, 3.05) is 7.11 Å². The fourth-order valence-corrected chi connectivity index (χ4v) is 5.37. The number of allylic oxidation sites excluding steroid dienone is 2. The largest absolute Gasteiger partial charge is 0.469 e. The number of carbonyl (C=O) groups excluding carboxylic acids is 2. The van der Waals surface area contributed by atoms with Gasteiger partial charge < -0.3 is 15.0 Å². The van der Waals surface area contributed by atoms with Crippen LogP contribution >= 0.6 is 0 Å². The van der Waals surface area contributed by atoms with Gasteiger partial charge in [-0.15, -0.1) is 0 Å². The molecule has 7 nitrogen and oxygen atoms in total. The maximum absolute atomic E-state index is 12.5. The van der Waals surface area contributed by atoms with Crippen LogP contribution in [0.25, 0.3) is 27.7 Å². The third-order valence-corrected chi connectivity index (χ3v) is 7.43. The number of rotatable bonds is 8.